The molecule has 0 radical (unpaired) electrons. The minimum atomic E-state index is -4.36. The summed E-state index contributed by atoms with van der Waals surface area (Å²) >= 11 is 0. The van der Waals surface area contributed by atoms with E-state index in [1.807, 2.05) is 25.2 Å². The van der Waals surface area contributed by atoms with Crippen LogP contribution in [0.1, 0.15) is 35.8 Å². The normalized spacial score (nSPS) is 18.3. The highest BCUT2D eigenvalue weighted by atomic mass is 19.4. The van der Waals surface area contributed by atoms with Crippen molar-refractivity contribution in [2.24, 2.45) is 0 Å². The molecule has 1 aliphatic rings. The smallest absolute Gasteiger partial charge is 0.356 e. The molecule has 0 aromatic carbocycles. The van der Waals surface area contributed by atoms with Gasteiger partial charge in [0.2, 0.25) is 0 Å². The van der Waals surface area contributed by atoms with Crippen LogP contribution in [0.15, 0.2) is 24.5 Å². The summed E-state index contributed by atoms with van der Waals surface area (Å²) in [6.07, 6.45) is 1.30. The minimum Gasteiger partial charge on any atom is -0.356 e. The molecule has 1 saturated heterocycles. The molecule has 27 heavy (non-hydrogen) atoms. The molecule has 0 N–H and O–H groups in total. The number of hydrogen-bond donors (Lipinski definition) is 0. The quantitative estimate of drug-likeness (QED) is 0.794. The molecule has 0 bridgehead atoms. The lowest BCUT2D eigenvalue weighted by Gasteiger charge is -2.34. The maximum absolute atomic E-state index is 13.2. The third-order valence-corrected chi connectivity index (χ3v) is 4.91. The monoisotopic (exact) mass is 381 g/mol. The van der Waals surface area contributed by atoms with Crippen LogP contribution in [-0.4, -0.2) is 53.2 Å². The lowest BCUT2D eigenvalue weighted by molar-refractivity contribution is -0.137. The van der Waals surface area contributed by atoms with Crippen LogP contribution >= 0.6 is 0 Å². The topological polar surface area (TPSA) is 37.2 Å². The summed E-state index contributed by atoms with van der Waals surface area (Å²) in [7, 11) is 4.06. The van der Waals surface area contributed by atoms with Gasteiger partial charge in [-0.05, 0) is 46.0 Å². The first-order valence-corrected chi connectivity index (χ1v) is 9.20. The highest BCUT2D eigenvalue weighted by Crippen LogP contribution is 2.34. The summed E-state index contributed by atoms with van der Waals surface area (Å²) in [4.78, 5) is 13.0. The second-order valence-corrected chi connectivity index (χ2v) is 7.42. The Morgan fingerprint density at radius 2 is 2.04 bits per heavy atom. The van der Waals surface area contributed by atoms with Gasteiger partial charge in [0.05, 0.1) is 5.56 Å². The highest BCUT2D eigenvalue weighted by molar-refractivity contribution is 5.44. The highest BCUT2D eigenvalue weighted by Gasteiger charge is 2.33. The van der Waals surface area contributed by atoms with Crippen molar-refractivity contribution < 1.29 is 13.2 Å². The van der Waals surface area contributed by atoms with E-state index in [4.69, 9.17) is 0 Å². The van der Waals surface area contributed by atoms with Gasteiger partial charge in [0.25, 0.3) is 0 Å². The van der Waals surface area contributed by atoms with Gasteiger partial charge in [-0.15, -0.1) is 0 Å². The molecule has 0 unspecified atom stereocenters. The number of aromatic nitrogens is 3. The van der Waals surface area contributed by atoms with Crippen LogP contribution in [0, 0.1) is 6.92 Å². The van der Waals surface area contributed by atoms with Crippen molar-refractivity contribution in [1.82, 2.24) is 19.4 Å². The molecular weight excluding hydrogens is 355 g/mol. The van der Waals surface area contributed by atoms with Gasteiger partial charge in [-0.3, -0.25) is 0 Å². The van der Waals surface area contributed by atoms with Crippen LogP contribution in [0.2, 0.25) is 0 Å². The maximum atomic E-state index is 13.2. The number of pyridine rings is 1. The van der Waals surface area contributed by atoms with Crippen molar-refractivity contribution in [2.75, 3.05) is 38.6 Å². The summed E-state index contributed by atoms with van der Waals surface area (Å²) in [5, 5.41) is 0. The second-order valence-electron chi connectivity index (χ2n) is 7.42. The van der Waals surface area contributed by atoms with Gasteiger partial charge in [-0.1, -0.05) is 0 Å². The van der Waals surface area contributed by atoms with Crippen LogP contribution in [0.25, 0.3) is 0 Å². The van der Waals surface area contributed by atoms with Crippen LogP contribution in [0.4, 0.5) is 19.0 Å². The first-order valence-electron chi connectivity index (χ1n) is 9.20. The van der Waals surface area contributed by atoms with Crippen LogP contribution in [-0.2, 0) is 12.7 Å². The molecule has 0 amide bonds. The number of halogens is 3. The van der Waals surface area contributed by atoms with Crippen molar-refractivity contribution in [3.8, 4) is 0 Å². The van der Waals surface area contributed by atoms with E-state index in [0.29, 0.717) is 24.6 Å². The van der Waals surface area contributed by atoms with Crippen molar-refractivity contribution in [3.05, 3.63) is 41.6 Å². The van der Waals surface area contributed by atoms with E-state index in [0.717, 1.165) is 43.9 Å². The van der Waals surface area contributed by atoms with Crippen LogP contribution < -0.4 is 4.90 Å². The number of hydrogen-bond acceptors (Lipinski definition) is 4. The lowest BCUT2D eigenvalue weighted by Crippen LogP contribution is -2.36. The Morgan fingerprint density at radius 3 is 2.74 bits per heavy atom. The zero-order valence-electron chi connectivity index (χ0n) is 16.0. The van der Waals surface area contributed by atoms with E-state index in [1.54, 1.807) is 13.1 Å². The fourth-order valence-electron chi connectivity index (χ4n) is 3.55. The van der Waals surface area contributed by atoms with E-state index in [2.05, 4.69) is 19.4 Å². The molecule has 1 fully saturated rings. The Kier molecular flexibility index (Phi) is 5.74. The molecule has 1 atom stereocenters. The number of alkyl halides is 3. The van der Waals surface area contributed by atoms with Crippen molar-refractivity contribution >= 4 is 5.82 Å². The van der Waals surface area contributed by atoms with Gasteiger partial charge in [0.1, 0.15) is 11.6 Å². The average Bonchev–Trinajstić information content (AvgIpc) is 3.07. The number of aryl methyl sites for hydroxylation is 1. The Balaban J connectivity index is 1.79. The number of nitrogens with zero attached hydrogens (tertiary/aromatic N) is 5. The number of likely N-dealkylation sites (N-methyl/N-ethyl adjacent to an activating group) is 1. The zero-order chi connectivity index (χ0) is 19.6. The largest absolute Gasteiger partial charge is 0.416 e. The Labute approximate surface area is 157 Å². The first-order chi connectivity index (χ1) is 12.7. The van der Waals surface area contributed by atoms with E-state index < -0.39 is 11.7 Å². The van der Waals surface area contributed by atoms with Gasteiger partial charge in [-0.25, -0.2) is 9.97 Å². The van der Waals surface area contributed by atoms with Gasteiger partial charge < -0.3 is 14.4 Å². The third-order valence-electron chi connectivity index (χ3n) is 4.91. The molecule has 8 heteroatoms. The van der Waals surface area contributed by atoms with Gasteiger partial charge in [0, 0.05) is 50.2 Å². The molecule has 3 heterocycles. The molecule has 0 aliphatic carbocycles. The number of piperidine rings is 1. The van der Waals surface area contributed by atoms with E-state index >= 15 is 0 Å². The molecular formula is C19H26F3N5. The summed E-state index contributed by atoms with van der Waals surface area (Å²) in [6.45, 7) is 4.71. The van der Waals surface area contributed by atoms with E-state index in [-0.39, 0.29) is 5.92 Å². The van der Waals surface area contributed by atoms with Gasteiger partial charge in [0.15, 0.2) is 0 Å². The molecule has 5 nitrogen and oxygen atoms in total. The van der Waals surface area contributed by atoms with Crippen LogP contribution in [0.5, 0.6) is 0 Å². The Hall–Kier alpha value is -2.09. The molecule has 0 saturated carbocycles. The summed E-state index contributed by atoms with van der Waals surface area (Å²) in [5.74, 6) is 1.59. The van der Waals surface area contributed by atoms with Crippen molar-refractivity contribution in [1.29, 1.82) is 0 Å². The maximum Gasteiger partial charge on any atom is 0.416 e. The molecule has 0 spiro atoms. The molecule has 1 aliphatic heterocycles. The summed E-state index contributed by atoms with van der Waals surface area (Å²) in [5.41, 5.74) is -0.256. The van der Waals surface area contributed by atoms with Crippen LogP contribution in [0.3, 0.4) is 0 Å². The predicted molar refractivity (Wildman–Crippen MR) is 98.9 cm³/mol. The Bertz CT molecular complexity index is 769. The molecule has 2 aromatic heterocycles. The fourth-order valence-corrected chi connectivity index (χ4v) is 3.55. The molecule has 148 valence electrons. The van der Waals surface area contributed by atoms with E-state index in [1.165, 1.54) is 0 Å². The third kappa shape index (κ3) is 4.80. The van der Waals surface area contributed by atoms with Gasteiger partial charge >= 0.3 is 6.18 Å². The average molecular weight is 381 g/mol. The predicted octanol–water partition coefficient (Wildman–Crippen LogP) is 3.55. The van der Waals surface area contributed by atoms with Crippen molar-refractivity contribution in [2.45, 2.75) is 38.4 Å². The minimum absolute atomic E-state index is 0.188. The SMILES string of the molecule is Cc1cc(C(F)(F)F)cc(N2CCC[C@H](c3nccn3CCN(C)C)C2)n1. The second kappa shape index (κ2) is 7.88. The molecule has 2 aromatic rings. The first kappa shape index (κ1) is 19.7. The summed E-state index contributed by atoms with van der Waals surface area (Å²) < 4.78 is 41.6. The Morgan fingerprint density at radius 1 is 1.26 bits per heavy atom. The number of imidazole rings is 1. The fraction of sp³-hybridized carbons (Fsp3) is 0.579. The standard InChI is InChI=1S/C19H26F3N5/c1-14-11-16(19(20,21)22)12-17(24-14)27-7-4-5-15(13-27)18-23-6-8-26(18)10-9-25(2)3/h6,8,11-12,15H,4-5,7,9-10,13H2,1-3H3/t15-/m0/s1. The lowest BCUT2D eigenvalue weighted by atomic mass is 9.97. The van der Waals surface area contributed by atoms with E-state index in [9.17, 15) is 13.2 Å². The van der Waals surface area contributed by atoms with Crippen molar-refractivity contribution in [3.63, 3.8) is 0 Å². The molecule has 3 rings (SSSR count). The zero-order valence-corrected chi connectivity index (χ0v) is 16.0. The number of anilines is 1. The number of rotatable bonds is 5. The summed E-state index contributed by atoms with van der Waals surface area (Å²) in [6, 6.07) is 2.26. The van der Waals surface area contributed by atoms with Gasteiger partial charge in [-0.2, -0.15) is 13.2 Å².